The highest BCUT2D eigenvalue weighted by Gasteiger charge is 2.61. The van der Waals surface area contributed by atoms with E-state index in [1.165, 1.54) is 0 Å². The summed E-state index contributed by atoms with van der Waals surface area (Å²) in [6.45, 7) is 0.556. The van der Waals surface area contributed by atoms with Crippen LogP contribution >= 0.6 is 0 Å². The number of alkyl halides is 2. The van der Waals surface area contributed by atoms with Crippen LogP contribution in [0.15, 0.2) is 30.3 Å². The van der Waals surface area contributed by atoms with Crippen LogP contribution < -0.4 is 10.6 Å². The third-order valence-electron chi connectivity index (χ3n) is 7.20. The van der Waals surface area contributed by atoms with Crippen LogP contribution in [0, 0.1) is 23.2 Å². The molecule has 1 aliphatic carbocycles. The van der Waals surface area contributed by atoms with Gasteiger partial charge in [-0.25, -0.2) is 8.78 Å². The number of hydrogen-bond acceptors (Lipinski definition) is 5. The van der Waals surface area contributed by atoms with Crippen LogP contribution in [0.4, 0.5) is 8.78 Å². The molecule has 0 radical (unpaired) electrons. The molecule has 2 bridgehead atoms. The molecule has 1 saturated carbocycles. The van der Waals surface area contributed by atoms with Gasteiger partial charge in [-0.15, -0.1) is 0 Å². The smallest absolute Gasteiger partial charge is 0.256 e. The maximum absolute atomic E-state index is 14.8. The average Bonchev–Trinajstić information content (AvgIpc) is 2.83. The number of nitrogens with zero attached hydrogens (tertiary/aromatic N) is 2. The van der Waals surface area contributed by atoms with E-state index >= 15 is 0 Å². The Morgan fingerprint density at radius 2 is 2.00 bits per heavy atom. The van der Waals surface area contributed by atoms with Crippen LogP contribution in [0.1, 0.15) is 50.2 Å². The van der Waals surface area contributed by atoms with Crippen molar-refractivity contribution in [2.75, 3.05) is 6.54 Å². The van der Waals surface area contributed by atoms with Gasteiger partial charge >= 0.3 is 0 Å². The first-order valence-electron chi connectivity index (χ1n) is 11.6. The van der Waals surface area contributed by atoms with Gasteiger partial charge in [0.2, 0.25) is 11.8 Å². The number of benzene rings is 1. The van der Waals surface area contributed by atoms with Crippen LogP contribution in [0.3, 0.4) is 0 Å². The molecule has 6 atom stereocenters. The predicted octanol–water partition coefficient (Wildman–Crippen LogP) is 1.66. The summed E-state index contributed by atoms with van der Waals surface area (Å²) in [4.78, 5) is 39.7. The second-order valence-electron chi connectivity index (χ2n) is 9.36. The fourth-order valence-electron chi connectivity index (χ4n) is 5.49. The zero-order valence-corrected chi connectivity index (χ0v) is 18.6. The van der Waals surface area contributed by atoms with Crippen molar-refractivity contribution in [3.05, 3.63) is 35.9 Å². The summed E-state index contributed by atoms with van der Waals surface area (Å²) in [5.74, 6) is -6.89. The van der Waals surface area contributed by atoms with Crippen LogP contribution in [-0.2, 0) is 14.4 Å². The summed E-state index contributed by atoms with van der Waals surface area (Å²) >= 11 is 0. The molecule has 3 heterocycles. The fraction of sp³-hybridized carbons (Fsp3) is 0.583. The lowest BCUT2D eigenvalue weighted by atomic mass is 9.71. The average molecular weight is 475 g/mol. The van der Waals surface area contributed by atoms with Crippen molar-refractivity contribution in [3.8, 4) is 6.07 Å². The molecular weight excluding hydrogens is 446 g/mol. The molecule has 0 unspecified atom stereocenters. The molecule has 4 fully saturated rings. The Balaban J connectivity index is 1.56. The third kappa shape index (κ3) is 4.62. The molecule has 0 spiro atoms. The predicted molar refractivity (Wildman–Crippen MR) is 116 cm³/mol. The van der Waals surface area contributed by atoms with Crippen molar-refractivity contribution < 1.29 is 28.3 Å². The zero-order chi connectivity index (χ0) is 24.5. The maximum Gasteiger partial charge on any atom is 0.256 e. The summed E-state index contributed by atoms with van der Waals surface area (Å²) < 4.78 is 29.6. The van der Waals surface area contributed by atoms with Gasteiger partial charge < -0.3 is 20.6 Å². The minimum atomic E-state index is -3.15. The number of hydrogen-bond donors (Lipinski definition) is 3. The lowest BCUT2D eigenvalue weighted by molar-refractivity contribution is -0.198. The van der Waals surface area contributed by atoms with Crippen molar-refractivity contribution in [2.45, 2.75) is 68.7 Å². The highest BCUT2D eigenvalue weighted by Crippen LogP contribution is 2.49. The van der Waals surface area contributed by atoms with E-state index in [0.717, 1.165) is 11.3 Å². The van der Waals surface area contributed by atoms with Crippen LogP contribution in [-0.4, -0.2) is 58.3 Å². The lowest BCUT2D eigenvalue weighted by Gasteiger charge is -2.54. The molecule has 34 heavy (non-hydrogen) atoms. The molecule has 8 nitrogen and oxygen atoms in total. The Morgan fingerprint density at radius 1 is 1.26 bits per heavy atom. The number of fused-ring (bicyclic) bond motifs is 3. The molecule has 0 aromatic heterocycles. The van der Waals surface area contributed by atoms with E-state index in [2.05, 4.69) is 10.6 Å². The van der Waals surface area contributed by atoms with Crippen LogP contribution in [0.25, 0.3) is 0 Å². The molecule has 1 aromatic carbocycles. The molecule has 4 aliphatic rings. The number of piperidine rings is 3. The third-order valence-corrected chi connectivity index (χ3v) is 7.20. The largest absolute Gasteiger partial charge is 0.378 e. The topological polar surface area (TPSA) is 123 Å². The van der Waals surface area contributed by atoms with E-state index in [1.807, 2.05) is 6.07 Å². The second-order valence-corrected chi connectivity index (χ2v) is 9.36. The molecule has 3 N–H and O–H groups in total. The summed E-state index contributed by atoms with van der Waals surface area (Å²) in [6.07, 6.45) is -0.419. The SMILES string of the molecule is N#C[C@H](C[C@@H]1CCCNC1=O)NC(=O)[C@H]1[C@@H]2CC[C@@H](CC2(F)F)N1C(=O)[C@H](O)c1ccccc1. The first-order chi connectivity index (χ1) is 16.2. The molecule has 10 heteroatoms. The quantitative estimate of drug-likeness (QED) is 0.579. The number of aliphatic hydroxyl groups excluding tert-OH is 1. The number of carbonyl (C=O) groups excluding carboxylic acids is 3. The Labute approximate surface area is 196 Å². The van der Waals surface area contributed by atoms with Gasteiger partial charge in [-0.1, -0.05) is 30.3 Å². The molecule has 3 saturated heterocycles. The minimum Gasteiger partial charge on any atom is -0.378 e. The molecule has 5 rings (SSSR count). The Morgan fingerprint density at radius 3 is 2.65 bits per heavy atom. The van der Waals surface area contributed by atoms with Gasteiger partial charge in [-0.2, -0.15) is 5.26 Å². The summed E-state index contributed by atoms with van der Waals surface area (Å²) in [6, 6.07) is 6.58. The van der Waals surface area contributed by atoms with Crippen LogP contribution in [0.5, 0.6) is 0 Å². The van der Waals surface area contributed by atoms with E-state index in [1.54, 1.807) is 30.3 Å². The highest BCUT2D eigenvalue weighted by molar-refractivity contribution is 5.91. The first-order valence-corrected chi connectivity index (χ1v) is 11.6. The summed E-state index contributed by atoms with van der Waals surface area (Å²) in [5, 5.41) is 25.5. The second kappa shape index (κ2) is 9.66. The van der Waals surface area contributed by atoms with Crippen molar-refractivity contribution in [1.29, 1.82) is 5.26 Å². The van der Waals surface area contributed by atoms with Gasteiger partial charge in [0.05, 0.1) is 12.0 Å². The zero-order valence-electron chi connectivity index (χ0n) is 18.6. The normalized spacial score (nSPS) is 29.5. The van der Waals surface area contributed by atoms with Gasteiger partial charge in [0.15, 0.2) is 6.10 Å². The highest BCUT2D eigenvalue weighted by atomic mass is 19.3. The molecule has 1 aromatic rings. The maximum atomic E-state index is 14.8. The minimum absolute atomic E-state index is 0.0587. The Bertz CT molecular complexity index is 983. The number of aliphatic hydroxyl groups is 1. The lowest BCUT2D eigenvalue weighted by Crippen LogP contribution is -2.69. The van der Waals surface area contributed by atoms with Crippen molar-refractivity contribution in [3.63, 3.8) is 0 Å². The standard InChI is InChI=1S/C24H28F2N4O4/c25-24(26)12-17-8-9-18(24)19(30(17)23(34)20(31)14-5-2-1-3-6-14)22(33)29-16(13-27)11-15-7-4-10-28-21(15)32/h1-3,5-6,15-20,31H,4,7-12H2,(H,28,32)(H,29,33)/t15-,16-,17-,18-,19+,20+/m0/s1. The fourth-order valence-corrected chi connectivity index (χ4v) is 5.49. The van der Waals surface area contributed by atoms with Gasteiger partial charge in [0, 0.05) is 24.9 Å². The first kappa shape index (κ1) is 24.1. The molecular formula is C24H28F2N4O4. The van der Waals surface area contributed by atoms with Gasteiger partial charge in [0.1, 0.15) is 12.1 Å². The van der Waals surface area contributed by atoms with E-state index in [0.29, 0.717) is 24.9 Å². The van der Waals surface area contributed by atoms with Gasteiger partial charge in [-0.05, 0) is 37.7 Å². The number of rotatable bonds is 6. The van der Waals surface area contributed by atoms with E-state index in [-0.39, 0.29) is 18.7 Å². The Hall–Kier alpha value is -3.06. The molecule has 182 valence electrons. The van der Waals surface area contributed by atoms with Crippen molar-refractivity contribution in [1.82, 2.24) is 15.5 Å². The summed E-state index contributed by atoms with van der Waals surface area (Å²) in [7, 11) is 0. The molecule has 3 amide bonds. The van der Waals surface area contributed by atoms with E-state index in [4.69, 9.17) is 0 Å². The van der Waals surface area contributed by atoms with Gasteiger partial charge in [0.25, 0.3) is 11.8 Å². The monoisotopic (exact) mass is 474 g/mol. The van der Waals surface area contributed by atoms with Crippen molar-refractivity contribution >= 4 is 17.7 Å². The molecule has 3 aliphatic heterocycles. The summed E-state index contributed by atoms with van der Waals surface area (Å²) in [5.41, 5.74) is 0.304. The number of nitrogens with one attached hydrogen (secondary N) is 2. The Kier molecular flexibility index (Phi) is 6.84. The van der Waals surface area contributed by atoms with Crippen molar-refractivity contribution in [2.24, 2.45) is 11.8 Å². The number of nitriles is 1. The van der Waals surface area contributed by atoms with E-state index in [9.17, 15) is 33.5 Å². The van der Waals surface area contributed by atoms with E-state index < -0.39 is 60.2 Å². The number of halogens is 2. The number of carbonyl (C=O) groups is 3. The number of amides is 3. The van der Waals surface area contributed by atoms with Crippen LogP contribution in [0.2, 0.25) is 0 Å². The van der Waals surface area contributed by atoms with Gasteiger partial charge in [-0.3, -0.25) is 14.4 Å².